The molecule has 0 spiro atoms. The van der Waals surface area contributed by atoms with Crippen LogP contribution in [0.25, 0.3) is 0 Å². The average molecular weight is 393 g/mol. The number of aromatic amines is 1. The van der Waals surface area contributed by atoms with Crippen LogP contribution in [0.4, 0.5) is 10.5 Å². The predicted octanol–water partition coefficient (Wildman–Crippen LogP) is 1.36. The van der Waals surface area contributed by atoms with Gasteiger partial charge in [0, 0.05) is 24.0 Å². The number of rotatable bonds is 4. The van der Waals surface area contributed by atoms with Crippen LogP contribution in [0.1, 0.15) is 33.7 Å². The van der Waals surface area contributed by atoms with Gasteiger partial charge >= 0.3 is 6.03 Å². The molecule has 0 aliphatic carbocycles. The molecule has 9 heteroatoms. The van der Waals surface area contributed by atoms with Gasteiger partial charge in [0.25, 0.3) is 11.8 Å². The number of carbonyl (C=O) groups is 3. The normalized spacial score (nSPS) is 22.4. The molecule has 0 saturated carbocycles. The molecule has 3 aliphatic heterocycles. The van der Waals surface area contributed by atoms with E-state index in [2.05, 4.69) is 20.6 Å². The Bertz CT molecular complexity index is 1090. The zero-order valence-electron chi connectivity index (χ0n) is 15.7. The van der Waals surface area contributed by atoms with Gasteiger partial charge in [0.2, 0.25) is 0 Å². The summed E-state index contributed by atoms with van der Waals surface area (Å²) in [5, 5.41) is 5.05. The van der Waals surface area contributed by atoms with Gasteiger partial charge in [-0.2, -0.15) is 0 Å². The Morgan fingerprint density at radius 3 is 2.83 bits per heavy atom. The van der Waals surface area contributed by atoms with Gasteiger partial charge in [-0.05, 0) is 36.6 Å². The summed E-state index contributed by atoms with van der Waals surface area (Å²) in [6, 6.07) is 6.52. The molecule has 4 heterocycles. The van der Waals surface area contributed by atoms with Gasteiger partial charge in [0.15, 0.2) is 5.54 Å². The smallest absolute Gasteiger partial charge is 0.322 e. The Hall–Kier alpha value is -3.62. The number of amides is 4. The zero-order chi connectivity index (χ0) is 20.2. The second kappa shape index (κ2) is 6.20. The minimum atomic E-state index is -1.40. The number of carbonyl (C=O) groups excluding carboxylic acids is 3. The quantitative estimate of drug-likeness (QED) is 0.680. The van der Waals surface area contributed by atoms with Crippen molar-refractivity contribution >= 4 is 29.7 Å². The van der Waals surface area contributed by atoms with E-state index in [4.69, 9.17) is 4.74 Å². The summed E-state index contributed by atoms with van der Waals surface area (Å²) >= 11 is 0. The first-order valence-corrected chi connectivity index (χ1v) is 9.35. The number of nitrogens with one attached hydrogen (secondary N) is 3. The highest BCUT2D eigenvalue weighted by atomic mass is 16.5. The van der Waals surface area contributed by atoms with E-state index < -0.39 is 17.5 Å². The number of fused-ring (bicyclic) bond motifs is 2. The largest absolute Gasteiger partial charge is 0.497 e. The van der Waals surface area contributed by atoms with Crippen LogP contribution in [0.3, 0.4) is 0 Å². The molecule has 4 amide bonds. The van der Waals surface area contributed by atoms with Crippen molar-refractivity contribution in [1.29, 1.82) is 0 Å². The van der Waals surface area contributed by atoms with Gasteiger partial charge in [-0.1, -0.05) is 6.07 Å². The van der Waals surface area contributed by atoms with Gasteiger partial charge in [0.05, 0.1) is 25.0 Å². The van der Waals surface area contributed by atoms with Crippen LogP contribution in [-0.4, -0.2) is 47.6 Å². The second-order valence-corrected chi connectivity index (χ2v) is 7.40. The van der Waals surface area contributed by atoms with Gasteiger partial charge in [-0.3, -0.25) is 19.9 Å². The second-order valence-electron chi connectivity index (χ2n) is 7.40. The molecule has 9 nitrogen and oxygen atoms in total. The molecule has 5 rings (SSSR count). The van der Waals surface area contributed by atoms with Crippen molar-refractivity contribution in [2.45, 2.75) is 24.9 Å². The van der Waals surface area contributed by atoms with E-state index in [9.17, 15) is 14.4 Å². The molecule has 1 saturated heterocycles. The number of ether oxygens (including phenoxy) is 1. The van der Waals surface area contributed by atoms with Crippen LogP contribution in [0.5, 0.6) is 5.75 Å². The molecule has 1 aromatic carbocycles. The molecular formula is C20H19N5O4. The molecule has 1 fully saturated rings. The van der Waals surface area contributed by atoms with Gasteiger partial charge in [0.1, 0.15) is 5.75 Å². The first-order valence-electron chi connectivity index (χ1n) is 9.35. The van der Waals surface area contributed by atoms with Gasteiger partial charge in [-0.25, -0.2) is 4.79 Å². The van der Waals surface area contributed by atoms with Crippen molar-refractivity contribution in [3.8, 4) is 5.75 Å². The van der Waals surface area contributed by atoms with Crippen LogP contribution in [0.15, 0.2) is 29.3 Å². The number of nitrogens with zero attached hydrogens (tertiary/aromatic N) is 2. The number of aryl methyl sites for hydroxylation is 1. The maximum absolute atomic E-state index is 13.0. The molecule has 3 N–H and O–H groups in total. The molecule has 1 aromatic heterocycles. The van der Waals surface area contributed by atoms with E-state index in [0.717, 1.165) is 29.8 Å². The maximum Gasteiger partial charge on any atom is 0.322 e. The fourth-order valence-corrected chi connectivity index (χ4v) is 4.15. The van der Waals surface area contributed by atoms with E-state index in [1.807, 2.05) is 12.3 Å². The summed E-state index contributed by atoms with van der Waals surface area (Å²) in [4.78, 5) is 47.1. The number of benzene rings is 1. The summed E-state index contributed by atoms with van der Waals surface area (Å²) < 4.78 is 5.21. The topological polar surface area (TPSA) is 116 Å². The van der Waals surface area contributed by atoms with Crippen LogP contribution in [0, 0.1) is 0 Å². The average Bonchev–Trinajstić information content (AvgIpc) is 3.36. The van der Waals surface area contributed by atoms with Crippen molar-refractivity contribution in [3.63, 3.8) is 0 Å². The Morgan fingerprint density at radius 1 is 1.24 bits per heavy atom. The third-order valence-electron chi connectivity index (χ3n) is 5.65. The van der Waals surface area contributed by atoms with Crippen molar-refractivity contribution in [2.24, 2.45) is 4.99 Å². The Labute approximate surface area is 166 Å². The van der Waals surface area contributed by atoms with Crippen molar-refractivity contribution in [3.05, 3.63) is 46.8 Å². The lowest BCUT2D eigenvalue weighted by molar-refractivity contribution is -0.124. The van der Waals surface area contributed by atoms with Crippen LogP contribution in [0.2, 0.25) is 0 Å². The Kier molecular flexibility index (Phi) is 3.73. The highest BCUT2D eigenvalue weighted by Gasteiger charge is 2.51. The number of urea groups is 1. The molecule has 2 aromatic rings. The summed E-state index contributed by atoms with van der Waals surface area (Å²) in [6.45, 7) is 0.352. The number of aliphatic imine (C=N–C) groups is 1. The molecule has 0 unspecified atom stereocenters. The van der Waals surface area contributed by atoms with E-state index in [0.29, 0.717) is 23.6 Å². The number of aromatic nitrogens is 1. The van der Waals surface area contributed by atoms with Gasteiger partial charge in [-0.15, -0.1) is 0 Å². The van der Waals surface area contributed by atoms with Crippen molar-refractivity contribution < 1.29 is 19.1 Å². The number of hydrogen-bond donors (Lipinski definition) is 3. The lowest BCUT2D eigenvalue weighted by atomic mass is 9.94. The molecule has 3 aliphatic rings. The molecule has 1 atom stereocenters. The monoisotopic (exact) mass is 393 g/mol. The summed E-state index contributed by atoms with van der Waals surface area (Å²) in [6.07, 6.45) is 3.41. The van der Waals surface area contributed by atoms with E-state index in [-0.39, 0.29) is 12.5 Å². The minimum Gasteiger partial charge on any atom is -0.497 e. The van der Waals surface area contributed by atoms with Crippen LogP contribution >= 0.6 is 0 Å². The maximum atomic E-state index is 13.0. The number of imide groups is 1. The van der Waals surface area contributed by atoms with Crippen LogP contribution in [-0.2, 0) is 23.3 Å². The van der Waals surface area contributed by atoms with E-state index in [1.54, 1.807) is 30.2 Å². The zero-order valence-corrected chi connectivity index (χ0v) is 15.7. The summed E-state index contributed by atoms with van der Waals surface area (Å²) in [7, 11) is 1.54. The number of hydrogen-bond acceptors (Lipinski definition) is 5. The number of methoxy groups -OCH3 is 1. The molecular weight excluding hydrogens is 374 g/mol. The predicted molar refractivity (Wildman–Crippen MR) is 103 cm³/mol. The Morgan fingerprint density at radius 2 is 2.10 bits per heavy atom. The standard InChI is InChI=1S/C20H19N5O4/c1-29-12-5-4-11-9-25(17(26)13(11)7-12)10-20(18(27)23-19(28)24-20)16-8-15-14(22-16)3-2-6-21-15/h4-8,22H,2-3,9-10H2,1H3,(H2,23,24,27,28)/t20-/m0/s1. The minimum absolute atomic E-state index is 0.00348. The fraction of sp³-hybridized carbons (Fsp3) is 0.300. The number of H-pyrrole nitrogens is 1. The molecule has 148 valence electrons. The van der Waals surface area contributed by atoms with E-state index >= 15 is 0 Å². The first kappa shape index (κ1) is 17.5. The molecule has 0 bridgehead atoms. The van der Waals surface area contributed by atoms with Crippen molar-refractivity contribution in [1.82, 2.24) is 20.5 Å². The molecule has 29 heavy (non-hydrogen) atoms. The fourth-order valence-electron chi connectivity index (χ4n) is 4.15. The highest BCUT2D eigenvalue weighted by Crippen LogP contribution is 2.35. The Balaban J connectivity index is 1.52. The lowest BCUT2D eigenvalue weighted by Gasteiger charge is -2.30. The third kappa shape index (κ3) is 2.61. The van der Waals surface area contributed by atoms with E-state index in [1.165, 1.54) is 0 Å². The third-order valence-corrected chi connectivity index (χ3v) is 5.65. The SMILES string of the molecule is COc1ccc2c(c1)C(=O)N(C[C@@]1(c3cc4c([nH]3)CCC=N4)NC(=O)NC1=O)C2. The van der Waals surface area contributed by atoms with Crippen molar-refractivity contribution in [2.75, 3.05) is 13.7 Å². The summed E-state index contributed by atoms with van der Waals surface area (Å²) in [5.74, 6) is -0.108. The van der Waals surface area contributed by atoms with Crippen LogP contribution < -0.4 is 15.4 Å². The summed E-state index contributed by atoms with van der Waals surface area (Å²) in [5.41, 5.74) is 2.18. The molecule has 0 radical (unpaired) electrons. The van der Waals surface area contributed by atoms with Gasteiger partial charge < -0.3 is 19.9 Å². The first-order chi connectivity index (χ1) is 14.0. The lowest BCUT2D eigenvalue weighted by Crippen LogP contribution is -2.53. The highest BCUT2D eigenvalue weighted by molar-refractivity contribution is 6.08.